The molecule has 11 heteroatoms. The molecule has 1 N–H and O–H groups in total. The Balaban J connectivity index is 1.96. The van der Waals surface area contributed by atoms with Gasteiger partial charge in [0, 0.05) is 44.2 Å². The lowest BCUT2D eigenvalue weighted by molar-refractivity contribution is -0.384. The van der Waals surface area contributed by atoms with Gasteiger partial charge in [-0.15, -0.1) is 0 Å². The fraction of sp³-hybridized carbons (Fsp3) is 0.300. The van der Waals surface area contributed by atoms with E-state index in [9.17, 15) is 28.9 Å². The third-order valence-corrected chi connectivity index (χ3v) is 4.82. The topological polar surface area (TPSA) is 132 Å². The number of aromatic nitrogens is 1. The molecule has 1 aliphatic heterocycles. The van der Waals surface area contributed by atoms with Crippen molar-refractivity contribution in [2.45, 2.75) is 32.4 Å². The van der Waals surface area contributed by atoms with Crippen LogP contribution in [0.5, 0.6) is 0 Å². The van der Waals surface area contributed by atoms with E-state index in [0.29, 0.717) is 0 Å². The van der Waals surface area contributed by atoms with Crippen LogP contribution in [0, 0.1) is 15.9 Å². The number of anilines is 1. The zero-order valence-electron chi connectivity index (χ0n) is 16.7. The highest BCUT2D eigenvalue weighted by Gasteiger charge is 2.39. The number of esters is 1. The Morgan fingerprint density at radius 3 is 2.61 bits per heavy atom. The fourth-order valence-corrected chi connectivity index (χ4v) is 3.53. The van der Waals surface area contributed by atoms with Crippen LogP contribution in [0.15, 0.2) is 36.5 Å². The summed E-state index contributed by atoms with van der Waals surface area (Å²) in [5.41, 5.74) is -0.984. The van der Waals surface area contributed by atoms with Gasteiger partial charge in [0.1, 0.15) is 23.3 Å². The SMILES string of the molecule is CC(=O)O[C@@H]1C[C@@H](c2cc([N+](=O)[O-])c(NC(=O)c3ccccn3)cc2F)N(C(C)=O)C1. The first kappa shape index (κ1) is 21.8. The number of hydrogen-bond donors (Lipinski definition) is 1. The standard InChI is InChI=1S/C20H19FN4O6/c1-11(26)24-10-13(31-12(2)27)7-18(24)14-8-19(25(29)30)17(9-15(14)21)23-20(28)16-5-3-4-6-22-16/h3-6,8-9,13,18H,7,10H2,1-2H3,(H,23,28)/t13-,18+/m1/s1. The highest BCUT2D eigenvalue weighted by atomic mass is 19.1. The van der Waals surface area contributed by atoms with E-state index in [1.54, 1.807) is 12.1 Å². The Bertz CT molecular complexity index is 1050. The van der Waals surface area contributed by atoms with E-state index in [2.05, 4.69) is 10.3 Å². The van der Waals surface area contributed by atoms with E-state index in [1.807, 2.05) is 0 Å². The zero-order chi connectivity index (χ0) is 22.7. The molecule has 0 spiro atoms. The van der Waals surface area contributed by atoms with Gasteiger partial charge >= 0.3 is 5.97 Å². The van der Waals surface area contributed by atoms with E-state index in [4.69, 9.17) is 4.74 Å². The number of benzene rings is 1. The second-order valence-corrected chi connectivity index (χ2v) is 6.97. The number of nitro benzene ring substituents is 1. The van der Waals surface area contributed by atoms with Gasteiger partial charge in [-0.25, -0.2) is 4.39 Å². The van der Waals surface area contributed by atoms with E-state index >= 15 is 0 Å². The maximum Gasteiger partial charge on any atom is 0.302 e. The molecule has 31 heavy (non-hydrogen) atoms. The summed E-state index contributed by atoms with van der Waals surface area (Å²) < 4.78 is 20.1. The molecule has 2 atom stereocenters. The van der Waals surface area contributed by atoms with Gasteiger partial charge in [-0.1, -0.05) is 6.07 Å². The number of carbonyl (C=O) groups excluding carboxylic acids is 3. The highest BCUT2D eigenvalue weighted by molar-refractivity contribution is 6.04. The van der Waals surface area contributed by atoms with Crippen LogP contribution < -0.4 is 5.32 Å². The van der Waals surface area contributed by atoms with Crippen molar-refractivity contribution in [2.75, 3.05) is 11.9 Å². The van der Waals surface area contributed by atoms with Gasteiger partial charge in [0.05, 0.1) is 17.5 Å². The number of nitrogens with zero attached hydrogens (tertiary/aromatic N) is 3. The first-order valence-corrected chi connectivity index (χ1v) is 9.32. The maximum absolute atomic E-state index is 15.0. The first-order valence-electron chi connectivity index (χ1n) is 9.32. The molecule has 2 heterocycles. The lowest BCUT2D eigenvalue weighted by Gasteiger charge is -2.23. The van der Waals surface area contributed by atoms with Gasteiger partial charge in [-0.3, -0.25) is 29.5 Å². The van der Waals surface area contributed by atoms with Crippen LogP contribution in [-0.2, 0) is 14.3 Å². The van der Waals surface area contributed by atoms with Crippen molar-refractivity contribution in [2.24, 2.45) is 0 Å². The monoisotopic (exact) mass is 430 g/mol. The van der Waals surface area contributed by atoms with Gasteiger partial charge < -0.3 is 15.0 Å². The number of rotatable bonds is 5. The molecule has 1 aromatic heterocycles. The Kier molecular flexibility index (Phi) is 6.23. The first-order chi connectivity index (χ1) is 14.7. The van der Waals surface area contributed by atoms with Crippen LogP contribution in [0.3, 0.4) is 0 Å². The Morgan fingerprint density at radius 2 is 2.03 bits per heavy atom. The molecule has 1 saturated heterocycles. The average Bonchev–Trinajstić information content (AvgIpc) is 3.11. The van der Waals surface area contributed by atoms with Crippen molar-refractivity contribution in [1.82, 2.24) is 9.88 Å². The Morgan fingerprint density at radius 1 is 1.29 bits per heavy atom. The number of halogens is 1. The van der Waals surface area contributed by atoms with Crippen molar-refractivity contribution in [3.8, 4) is 0 Å². The molecule has 2 amide bonds. The average molecular weight is 430 g/mol. The number of hydrogen-bond acceptors (Lipinski definition) is 7. The molecule has 0 aliphatic carbocycles. The molecule has 3 rings (SSSR count). The third-order valence-electron chi connectivity index (χ3n) is 4.82. The van der Waals surface area contributed by atoms with Crippen LogP contribution >= 0.6 is 0 Å². The Labute approximate surface area is 176 Å². The number of ether oxygens (including phenoxy) is 1. The smallest absolute Gasteiger partial charge is 0.302 e. The summed E-state index contributed by atoms with van der Waals surface area (Å²) in [6.45, 7) is 2.54. The largest absolute Gasteiger partial charge is 0.461 e. The molecule has 10 nitrogen and oxygen atoms in total. The van der Waals surface area contributed by atoms with Gasteiger partial charge in [-0.05, 0) is 12.1 Å². The summed E-state index contributed by atoms with van der Waals surface area (Å²) in [6.07, 6.45) is 0.809. The zero-order valence-corrected chi connectivity index (χ0v) is 16.7. The van der Waals surface area contributed by atoms with Crippen LogP contribution in [0.25, 0.3) is 0 Å². The Hall–Kier alpha value is -3.89. The molecular formula is C20H19FN4O6. The number of pyridine rings is 1. The summed E-state index contributed by atoms with van der Waals surface area (Å²) in [5, 5.41) is 13.9. The van der Waals surface area contributed by atoms with Gasteiger partial charge in [0.15, 0.2) is 0 Å². The van der Waals surface area contributed by atoms with Crippen LogP contribution in [0.2, 0.25) is 0 Å². The number of amides is 2. The molecule has 1 aliphatic rings. The van der Waals surface area contributed by atoms with Crippen LogP contribution in [0.4, 0.5) is 15.8 Å². The van der Waals surface area contributed by atoms with Crippen LogP contribution in [0.1, 0.15) is 42.4 Å². The summed E-state index contributed by atoms with van der Waals surface area (Å²) >= 11 is 0. The molecule has 0 radical (unpaired) electrons. The summed E-state index contributed by atoms with van der Waals surface area (Å²) in [7, 11) is 0. The van der Waals surface area contributed by atoms with Crippen molar-refractivity contribution in [3.05, 3.63) is 63.7 Å². The molecule has 0 saturated carbocycles. The quantitative estimate of drug-likeness (QED) is 0.438. The number of nitrogens with one attached hydrogen (secondary N) is 1. The molecule has 0 bridgehead atoms. The third kappa shape index (κ3) is 4.82. The predicted molar refractivity (Wildman–Crippen MR) is 106 cm³/mol. The number of likely N-dealkylation sites (tertiary alicyclic amines) is 1. The van der Waals surface area contributed by atoms with E-state index in [1.165, 1.54) is 31.0 Å². The van der Waals surface area contributed by atoms with E-state index in [-0.39, 0.29) is 29.9 Å². The summed E-state index contributed by atoms with van der Waals surface area (Å²) in [6, 6.07) is 5.53. The normalized spacial score (nSPS) is 17.8. The van der Waals surface area contributed by atoms with E-state index < -0.39 is 46.4 Å². The summed E-state index contributed by atoms with van der Waals surface area (Å²) in [4.78, 5) is 51.6. The minimum Gasteiger partial charge on any atom is -0.461 e. The lowest BCUT2D eigenvalue weighted by atomic mass is 10.0. The molecule has 1 fully saturated rings. The van der Waals surface area contributed by atoms with Crippen molar-refractivity contribution < 1.29 is 28.4 Å². The minimum absolute atomic E-state index is 0.00375. The van der Waals surface area contributed by atoms with Gasteiger partial charge in [-0.2, -0.15) is 0 Å². The van der Waals surface area contributed by atoms with Gasteiger partial charge in [0.25, 0.3) is 11.6 Å². The fourth-order valence-electron chi connectivity index (χ4n) is 3.53. The van der Waals surface area contributed by atoms with Crippen molar-refractivity contribution >= 4 is 29.2 Å². The molecular weight excluding hydrogens is 411 g/mol. The maximum atomic E-state index is 15.0. The van der Waals surface area contributed by atoms with Gasteiger partial charge in [0.2, 0.25) is 5.91 Å². The van der Waals surface area contributed by atoms with Crippen molar-refractivity contribution in [1.29, 1.82) is 0 Å². The molecule has 1 aromatic carbocycles. The number of carbonyl (C=O) groups is 3. The minimum atomic E-state index is -0.860. The molecule has 2 aromatic rings. The van der Waals surface area contributed by atoms with Crippen LogP contribution in [-0.4, -0.2) is 45.2 Å². The number of nitro groups is 1. The molecule has 162 valence electrons. The lowest BCUT2D eigenvalue weighted by Crippen LogP contribution is -2.30. The second kappa shape index (κ2) is 8.86. The molecule has 0 unspecified atom stereocenters. The second-order valence-electron chi connectivity index (χ2n) is 6.97. The predicted octanol–water partition coefficient (Wildman–Crippen LogP) is 2.61. The van der Waals surface area contributed by atoms with E-state index in [0.717, 1.165) is 12.1 Å². The summed E-state index contributed by atoms with van der Waals surface area (Å²) in [5.74, 6) is -2.53. The van der Waals surface area contributed by atoms with Crippen molar-refractivity contribution in [3.63, 3.8) is 0 Å². The highest BCUT2D eigenvalue weighted by Crippen LogP contribution is 2.39.